The Bertz CT molecular complexity index is 538. The number of rotatable bonds is 23. The van der Waals surface area contributed by atoms with Gasteiger partial charge in [-0.3, -0.25) is 4.79 Å². The van der Waals surface area contributed by atoms with E-state index in [0.29, 0.717) is 12.2 Å². The Morgan fingerprint density at radius 3 is 1.16 bits per heavy atom. The van der Waals surface area contributed by atoms with Gasteiger partial charge in [-0.2, -0.15) is 0 Å². The maximum Gasteiger partial charge on any atom is 0.303 e. The molecule has 0 saturated carbocycles. The number of phenols is 1. The summed E-state index contributed by atoms with van der Waals surface area (Å²) in [4.78, 5) is 10.4. The van der Waals surface area contributed by atoms with Gasteiger partial charge in [0, 0.05) is 6.42 Å². The third kappa shape index (κ3) is 19.2. The van der Waals surface area contributed by atoms with Crippen LogP contribution in [0.4, 0.5) is 0 Å². The van der Waals surface area contributed by atoms with Crippen LogP contribution in [0.15, 0.2) is 24.3 Å². The Labute approximate surface area is 198 Å². The van der Waals surface area contributed by atoms with Gasteiger partial charge in [0.1, 0.15) is 5.75 Å². The molecule has 1 aromatic carbocycles. The van der Waals surface area contributed by atoms with Gasteiger partial charge >= 0.3 is 5.97 Å². The van der Waals surface area contributed by atoms with E-state index in [1.54, 1.807) is 12.1 Å². The monoisotopic (exact) mass is 446 g/mol. The van der Waals surface area contributed by atoms with E-state index in [1.807, 2.05) is 12.1 Å². The van der Waals surface area contributed by atoms with Crippen molar-refractivity contribution in [1.29, 1.82) is 0 Å². The van der Waals surface area contributed by atoms with Gasteiger partial charge in [0.2, 0.25) is 0 Å². The standard InChI is InChI=1S/C29H50O3/c30-28-25-23-27(24-26-28)21-19-17-15-13-11-9-7-5-3-1-2-4-6-8-10-12-14-16-18-20-22-29(31)32/h23-26,30H,1-22H2,(H,31,32). The lowest BCUT2D eigenvalue weighted by Gasteiger charge is -2.04. The summed E-state index contributed by atoms with van der Waals surface area (Å²) >= 11 is 0. The van der Waals surface area contributed by atoms with Gasteiger partial charge in [-0.25, -0.2) is 0 Å². The molecule has 32 heavy (non-hydrogen) atoms. The molecule has 0 bridgehead atoms. The molecule has 0 saturated heterocycles. The number of hydrogen-bond acceptors (Lipinski definition) is 2. The van der Waals surface area contributed by atoms with Crippen molar-refractivity contribution in [3.63, 3.8) is 0 Å². The Hall–Kier alpha value is -1.51. The molecule has 184 valence electrons. The minimum absolute atomic E-state index is 0.337. The summed E-state index contributed by atoms with van der Waals surface area (Å²) in [7, 11) is 0. The molecule has 2 N–H and O–H groups in total. The molecule has 0 fully saturated rings. The average Bonchev–Trinajstić information content (AvgIpc) is 2.78. The molecule has 0 aromatic heterocycles. The van der Waals surface area contributed by atoms with E-state index in [1.165, 1.54) is 121 Å². The number of unbranched alkanes of at least 4 members (excludes halogenated alkanes) is 19. The second-order valence-electron chi connectivity index (χ2n) is 9.63. The summed E-state index contributed by atoms with van der Waals surface area (Å²) < 4.78 is 0. The number of carboxylic acid groups (broad SMARTS) is 1. The smallest absolute Gasteiger partial charge is 0.303 e. The summed E-state index contributed by atoms with van der Waals surface area (Å²) in [5.41, 5.74) is 1.34. The van der Waals surface area contributed by atoms with E-state index >= 15 is 0 Å². The number of aryl methyl sites for hydroxylation is 1. The topological polar surface area (TPSA) is 57.5 Å². The molecule has 0 unspecified atom stereocenters. The summed E-state index contributed by atoms with van der Waals surface area (Å²) in [5, 5.41) is 17.9. The van der Waals surface area contributed by atoms with Crippen LogP contribution in [0.25, 0.3) is 0 Å². The quantitative estimate of drug-likeness (QED) is 0.165. The van der Waals surface area contributed by atoms with Gasteiger partial charge in [0.05, 0.1) is 0 Å². The number of aromatic hydroxyl groups is 1. The van der Waals surface area contributed by atoms with Crippen molar-refractivity contribution < 1.29 is 15.0 Å². The van der Waals surface area contributed by atoms with Crippen LogP contribution in [0.1, 0.15) is 140 Å². The molecular weight excluding hydrogens is 396 g/mol. The van der Waals surface area contributed by atoms with E-state index < -0.39 is 5.97 Å². The number of hydrogen-bond donors (Lipinski definition) is 2. The van der Waals surface area contributed by atoms with Crippen molar-refractivity contribution in [2.45, 2.75) is 141 Å². The van der Waals surface area contributed by atoms with E-state index in [2.05, 4.69) is 0 Å². The predicted molar refractivity (Wildman–Crippen MR) is 136 cm³/mol. The largest absolute Gasteiger partial charge is 0.508 e. The first-order valence-electron chi connectivity index (χ1n) is 13.7. The molecule has 1 aromatic rings. The zero-order chi connectivity index (χ0) is 23.1. The van der Waals surface area contributed by atoms with Crippen LogP contribution >= 0.6 is 0 Å². The van der Waals surface area contributed by atoms with E-state index in [9.17, 15) is 9.90 Å². The summed E-state index contributed by atoms with van der Waals surface area (Å²) in [6.07, 6.45) is 28.0. The molecule has 0 amide bonds. The molecular formula is C29H50O3. The maximum atomic E-state index is 10.4. The fraction of sp³-hybridized carbons (Fsp3) is 0.759. The molecule has 0 aliphatic rings. The van der Waals surface area contributed by atoms with Crippen LogP contribution in [0.2, 0.25) is 0 Å². The van der Waals surface area contributed by atoms with Gasteiger partial charge in [-0.05, 0) is 37.0 Å². The van der Waals surface area contributed by atoms with Crippen molar-refractivity contribution in [1.82, 2.24) is 0 Å². The summed E-state index contributed by atoms with van der Waals surface area (Å²) in [6.45, 7) is 0. The molecule has 3 nitrogen and oxygen atoms in total. The van der Waals surface area contributed by atoms with Gasteiger partial charge in [-0.15, -0.1) is 0 Å². The maximum absolute atomic E-state index is 10.4. The number of benzene rings is 1. The van der Waals surface area contributed by atoms with Crippen molar-refractivity contribution in [2.24, 2.45) is 0 Å². The zero-order valence-electron chi connectivity index (χ0n) is 20.7. The first-order chi connectivity index (χ1) is 15.7. The predicted octanol–water partition coefficient (Wildman–Crippen LogP) is 9.21. The molecule has 0 aliphatic carbocycles. The third-order valence-electron chi connectivity index (χ3n) is 6.54. The highest BCUT2D eigenvalue weighted by Gasteiger charge is 1.98. The van der Waals surface area contributed by atoms with Crippen molar-refractivity contribution >= 4 is 5.97 Å². The summed E-state index contributed by atoms with van der Waals surface area (Å²) in [6, 6.07) is 7.64. The van der Waals surface area contributed by atoms with E-state index in [-0.39, 0.29) is 0 Å². The van der Waals surface area contributed by atoms with Gasteiger partial charge in [0.25, 0.3) is 0 Å². The molecule has 1 rings (SSSR count). The zero-order valence-corrected chi connectivity index (χ0v) is 20.7. The highest BCUT2D eigenvalue weighted by molar-refractivity contribution is 5.66. The van der Waals surface area contributed by atoms with Gasteiger partial charge < -0.3 is 10.2 Å². The first-order valence-corrected chi connectivity index (χ1v) is 13.7. The Morgan fingerprint density at radius 2 is 0.812 bits per heavy atom. The van der Waals surface area contributed by atoms with Crippen LogP contribution in [0, 0.1) is 0 Å². The second-order valence-corrected chi connectivity index (χ2v) is 9.63. The summed E-state index contributed by atoms with van der Waals surface area (Å²) in [5.74, 6) is -0.296. The Balaban J connectivity index is 1.68. The molecule has 0 aliphatic heterocycles. The second kappa shape index (κ2) is 21.3. The Kier molecular flexibility index (Phi) is 19.0. The molecule has 0 atom stereocenters. The van der Waals surface area contributed by atoms with E-state index in [0.717, 1.165) is 19.3 Å². The van der Waals surface area contributed by atoms with Crippen LogP contribution in [0.5, 0.6) is 5.75 Å². The fourth-order valence-corrected chi connectivity index (χ4v) is 4.45. The molecule has 0 radical (unpaired) electrons. The number of carbonyl (C=O) groups is 1. The van der Waals surface area contributed by atoms with Gasteiger partial charge in [0.15, 0.2) is 0 Å². The van der Waals surface area contributed by atoms with E-state index in [4.69, 9.17) is 5.11 Å². The lowest BCUT2D eigenvalue weighted by Crippen LogP contribution is -1.93. The lowest BCUT2D eigenvalue weighted by molar-refractivity contribution is -0.137. The fourth-order valence-electron chi connectivity index (χ4n) is 4.45. The third-order valence-corrected chi connectivity index (χ3v) is 6.54. The molecule has 0 spiro atoms. The highest BCUT2D eigenvalue weighted by Crippen LogP contribution is 2.16. The SMILES string of the molecule is O=C(O)CCCCCCCCCCCCCCCCCCCCCCc1ccc(O)cc1. The van der Waals surface area contributed by atoms with Crippen molar-refractivity contribution in [3.05, 3.63) is 29.8 Å². The molecule has 0 heterocycles. The number of aliphatic carboxylic acids is 1. The minimum Gasteiger partial charge on any atom is -0.508 e. The highest BCUT2D eigenvalue weighted by atomic mass is 16.4. The van der Waals surface area contributed by atoms with Crippen LogP contribution in [-0.2, 0) is 11.2 Å². The Morgan fingerprint density at radius 1 is 0.500 bits per heavy atom. The van der Waals surface area contributed by atoms with Crippen molar-refractivity contribution in [3.8, 4) is 5.75 Å². The van der Waals surface area contributed by atoms with Gasteiger partial charge in [-0.1, -0.05) is 128 Å². The normalized spacial score (nSPS) is 11.1. The van der Waals surface area contributed by atoms with Crippen LogP contribution in [-0.4, -0.2) is 16.2 Å². The van der Waals surface area contributed by atoms with Crippen molar-refractivity contribution in [2.75, 3.05) is 0 Å². The number of phenolic OH excluding ortho intramolecular Hbond substituents is 1. The molecule has 3 heteroatoms. The minimum atomic E-state index is -0.657. The van der Waals surface area contributed by atoms with Crippen LogP contribution in [0.3, 0.4) is 0 Å². The average molecular weight is 447 g/mol. The first kappa shape index (κ1) is 28.5. The van der Waals surface area contributed by atoms with Crippen LogP contribution < -0.4 is 0 Å². The number of carboxylic acids is 1. The lowest BCUT2D eigenvalue weighted by atomic mass is 10.0.